The van der Waals surface area contributed by atoms with Gasteiger partial charge >= 0.3 is 0 Å². The Balaban J connectivity index is 2.20. The first-order valence-corrected chi connectivity index (χ1v) is 6.29. The Morgan fingerprint density at radius 1 is 0.889 bits per heavy atom. The van der Waals surface area contributed by atoms with Crippen LogP contribution in [0.25, 0.3) is 0 Å². The third-order valence-corrected chi connectivity index (χ3v) is 3.64. The van der Waals surface area contributed by atoms with Crippen LogP contribution in [0, 0.1) is 0 Å². The SMILES string of the molecule is BrN1NN=NC1(c1ccccc1)c1ccccc1. The van der Waals surface area contributed by atoms with Crippen molar-refractivity contribution in [3.8, 4) is 0 Å². The highest BCUT2D eigenvalue weighted by molar-refractivity contribution is 9.07. The molecule has 0 saturated carbocycles. The average Bonchev–Trinajstić information content (AvgIpc) is 2.84. The molecular formula is C13H11BrN4. The molecule has 0 radical (unpaired) electrons. The second-order valence-electron chi connectivity index (χ2n) is 3.99. The minimum Gasteiger partial charge on any atom is -0.208 e. The molecule has 0 bridgehead atoms. The lowest BCUT2D eigenvalue weighted by Crippen LogP contribution is -2.40. The summed E-state index contributed by atoms with van der Waals surface area (Å²) in [6, 6.07) is 20.1. The molecule has 1 N–H and O–H groups in total. The third-order valence-electron chi connectivity index (χ3n) is 2.96. The largest absolute Gasteiger partial charge is 0.215 e. The zero-order valence-corrected chi connectivity index (χ0v) is 11.1. The molecule has 1 aliphatic rings. The highest BCUT2D eigenvalue weighted by Gasteiger charge is 2.43. The van der Waals surface area contributed by atoms with Crippen molar-refractivity contribution >= 4 is 16.1 Å². The number of hydrazine groups is 1. The monoisotopic (exact) mass is 302 g/mol. The van der Waals surface area contributed by atoms with E-state index in [0.29, 0.717) is 0 Å². The van der Waals surface area contributed by atoms with E-state index in [-0.39, 0.29) is 0 Å². The first-order chi connectivity index (χ1) is 8.84. The molecule has 0 spiro atoms. The van der Waals surface area contributed by atoms with Gasteiger partial charge in [0.2, 0.25) is 5.66 Å². The molecule has 4 nitrogen and oxygen atoms in total. The molecule has 2 aromatic carbocycles. The van der Waals surface area contributed by atoms with Crippen LogP contribution in [0.1, 0.15) is 11.1 Å². The minimum absolute atomic E-state index is 0.664. The molecule has 1 heterocycles. The van der Waals surface area contributed by atoms with Crippen LogP contribution in [-0.4, -0.2) is 4.03 Å². The minimum atomic E-state index is -0.664. The van der Waals surface area contributed by atoms with Gasteiger partial charge in [0.15, 0.2) is 0 Å². The van der Waals surface area contributed by atoms with Crippen LogP contribution in [0.3, 0.4) is 0 Å². The van der Waals surface area contributed by atoms with E-state index in [1.54, 1.807) is 4.03 Å². The zero-order valence-electron chi connectivity index (χ0n) is 9.49. The van der Waals surface area contributed by atoms with Crippen molar-refractivity contribution in [3.05, 3.63) is 71.8 Å². The Hall–Kier alpha value is -1.72. The highest BCUT2D eigenvalue weighted by atomic mass is 79.9. The van der Waals surface area contributed by atoms with E-state index < -0.39 is 5.66 Å². The second-order valence-corrected chi connectivity index (χ2v) is 4.69. The first-order valence-electron chi connectivity index (χ1n) is 5.58. The van der Waals surface area contributed by atoms with Crippen LogP contribution in [0.15, 0.2) is 71.0 Å². The summed E-state index contributed by atoms with van der Waals surface area (Å²) in [4.78, 5) is 0. The summed E-state index contributed by atoms with van der Waals surface area (Å²) in [7, 11) is 0. The predicted octanol–water partition coefficient (Wildman–Crippen LogP) is 3.39. The summed E-state index contributed by atoms with van der Waals surface area (Å²) >= 11 is 3.47. The average molecular weight is 303 g/mol. The van der Waals surface area contributed by atoms with Gasteiger partial charge < -0.3 is 0 Å². The molecule has 0 aromatic heterocycles. The van der Waals surface area contributed by atoms with Gasteiger partial charge in [-0.15, -0.1) is 9.15 Å². The standard InChI is InChI=1S/C13H11BrN4/c14-18-13(15-16-17-18,11-7-3-1-4-8-11)12-9-5-2-6-10-12/h1-10H,(H,15,17). The fourth-order valence-corrected chi connectivity index (χ4v) is 2.65. The smallest absolute Gasteiger partial charge is 0.208 e. The van der Waals surface area contributed by atoms with Gasteiger partial charge in [-0.1, -0.05) is 65.9 Å². The summed E-state index contributed by atoms with van der Waals surface area (Å²) in [5.74, 6) is 0. The van der Waals surface area contributed by atoms with E-state index in [0.717, 1.165) is 11.1 Å². The first kappa shape index (κ1) is 11.4. The summed E-state index contributed by atoms with van der Waals surface area (Å²) in [6.45, 7) is 0. The molecule has 5 heteroatoms. The fourth-order valence-electron chi connectivity index (χ4n) is 2.10. The van der Waals surface area contributed by atoms with E-state index in [2.05, 4.69) is 32.0 Å². The number of halogens is 1. The molecule has 18 heavy (non-hydrogen) atoms. The Morgan fingerprint density at radius 3 is 1.78 bits per heavy atom. The van der Waals surface area contributed by atoms with E-state index in [1.165, 1.54) is 0 Å². The number of benzene rings is 2. The Bertz CT molecular complexity index is 516. The molecule has 1 aliphatic heterocycles. The number of rotatable bonds is 2. The van der Waals surface area contributed by atoms with Gasteiger partial charge in [0.05, 0.1) is 0 Å². The van der Waals surface area contributed by atoms with Crippen molar-refractivity contribution < 1.29 is 0 Å². The normalized spacial score (nSPS) is 17.6. The summed E-state index contributed by atoms with van der Waals surface area (Å²) < 4.78 is 1.73. The van der Waals surface area contributed by atoms with Crippen LogP contribution in [-0.2, 0) is 5.66 Å². The lowest BCUT2D eigenvalue weighted by molar-refractivity contribution is 0.268. The maximum Gasteiger partial charge on any atom is 0.215 e. The molecule has 0 aliphatic carbocycles. The quantitative estimate of drug-likeness (QED) is 0.864. The molecule has 2 aromatic rings. The molecular weight excluding hydrogens is 292 g/mol. The van der Waals surface area contributed by atoms with Crippen molar-refractivity contribution in [2.45, 2.75) is 5.66 Å². The van der Waals surface area contributed by atoms with Crippen LogP contribution in [0.2, 0.25) is 0 Å². The van der Waals surface area contributed by atoms with Crippen LogP contribution in [0.5, 0.6) is 0 Å². The Labute approximate surface area is 114 Å². The van der Waals surface area contributed by atoms with Crippen LogP contribution >= 0.6 is 16.1 Å². The molecule has 0 fully saturated rings. The maximum atomic E-state index is 4.38. The summed E-state index contributed by atoms with van der Waals surface area (Å²) in [6.07, 6.45) is 0. The lowest BCUT2D eigenvalue weighted by Gasteiger charge is -2.29. The van der Waals surface area contributed by atoms with Crippen molar-refractivity contribution in [1.29, 1.82) is 0 Å². The van der Waals surface area contributed by atoms with Crippen LogP contribution < -0.4 is 5.53 Å². The molecule has 3 rings (SSSR count). The third kappa shape index (κ3) is 1.63. The van der Waals surface area contributed by atoms with Crippen molar-refractivity contribution in [3.63, 3.8) is 0 Å². The van der Waals surface area contributed by atoms with E-state index in [4.69, 9.17) is 0 Å². The number of hydrogen-bond acceptors (Lipinski definition) is 4. The molecule has 0 unspecified atom stereocenters. The van der Waals surface area contributed by atoms with Gasteiger partial charge in [0.25, 0.3) is 0 Å². The predicted molar refractivity (Wildman–Crippen MR) is 72.4 cm³/mol. The fraction of sp³-hybridized carbons (Fsp3) is 0.0769. The second kappa shape index (κ2) is 4.51. The van der Waals surface area contributed by atoms with Gasteiger partial charge in [0.1, 0.15) is 0 Å². The summed E-state index contributed by atoms with van der Waals surface area (Å²) in [5.41, 5.74) is 4.24. The topological polar surface area (TPSA) is 40.0 Å². The van der Waals surface area contributed by atoms with Crippen molar-refractivity contribution in [2.75, 3.05) is 0 Å². The van der Waals surface area contributed by atoms with Gasteiger partial charge in [-0.05, 0) is 0 Å². The summed E-state index contributed by atoms with van der Waals surface area (Å²) in [5, 5.41) is 8.31. The van der Waals surface area contributed by atoms with Gasteiger partial charge in [-0.3, -0.25) is 0 Å². The molecule has 0 saturated heterocycles. The number of nitrogens with zero attached hydrogens (tertiary/aromatic N) is 3. The van der Waals surface area contributed by atoms with Gasteiger partial charge in [0, 0.05) is 27.3 Å². The van der Waals surface area contributed by atoms with Crippen molar-refractivity contribution in [1.82, 2.24) is 9.57 Å². The molecule has 90 valence electrons. The van der Waals surface area contributed by atoms with Crippen molar-refractivity contribution in [2.24, 2.45) is 10.3 Å². The van der Waals surface area contributed by atoms with E-state index in [1.807, 2.05) is 60.7 Å². The maximum absolute atomic E-state index is 4.38. The highest BCUT2D eigenvalue weighted by Crippen LogP contribution is 2.40. The number of hydrogen-bond donors (Lipinski definition) is 1. The lowest BCUT2D eigenvalue weighted by atomic mass is 9.93. The Morgan fingerprint density at radius 2 is 1.39 bits per heavy atom. The van der Waals surface area contributed by atoms with Crippen LogP contribution in [0.4, 0.5) is 0 Å². The van der Waals surface area contributed by atoms with Gasteiger partial charge in [-0.2, -0.15) is 0 Å². The zero-order chi connectivity index (χ0) is 12.4. The van der Waals surface area contributed by atoms with E-state index in [9.17, 15) is 0 Å². The number of nitrogens with one attached hydrogen (secondary N) is 1. The van der Waals surface area contributed by atoms with Gasteiger partial charge in [-0.25, -0.2) is 5.53 Å². The molecule has 0 amide bonds. The van der Waals surface area contributed by atoms with E-state index >= 15 is 0 Å². The molecule has 0 atom stereocenters. The Kier molecular flexibility index (Phi) is 2.85.